The molecule has 0 radical (unpaired) electrons. The summed E-state index contributed by atoms with van der Waals surface area (Å²) in [6.45, 7) is 11.7. The van der Waals surface area contributed by atoms with Gasteiger partial charge in [0.15, 0.2) is 0 Å². The maximum atomic E-state index is 6.16. The Hall–Kier alpha value is -0.120. The van der Waals surface area contributed by atoms with E-state index in [2.05, 4.69) is 23.6 Å². The third-order valence-corrected chi connectivity index (χ3v) is 5.48. The smallest absolute Gasteiger partial charge is 0.0356 e. The minimum Gasteiger partial charge on any atom is -0.329 e. The largest absolute Gasteiger partial charge is 0.329 e. The molecule has 2 N–H and O–H groups in total. The first-order valence-corrected chi connectivity index (χ1v) is 7.91. The van der Waals surface area contributed by atoms with Crippen LogP contribution in [0.5, 0.6) is 0 Å². The summed E-state index contributed by atoms with van der Waals surface area (Å²) in [5.74, 6) is 0.965. The van der Waals surface area contributed by atoms with Crippen LogP contribution >= 0.6 is 0 Å². The predicted molar refractivity (Wildman–Crippen MR) is 77.7 cm³/mol. The lowest BCUT2D eigenvalue weighted by molar-refractivity contribution is 0.00506. The quantitative estimate of drug-likeness (QED) is 0.831. The molecule has 18 heavy (non-hydrogen) atoms. The Balaban J connectivity index is 1.92. The summed E-state index contributed by atoms with van der Waals surface area (Å²) in [7, 11) is 0. The van der Waals surface area contributed by atoms with Crippen molar-refractivity contribution in [2.24, 2.45) is 11.7 Å². The van der Waals surface area contributed by atoms with E-state index in [9.17, 15) is 0 Å². The van der Waals surface area contributed by atoms with E-state index in [0.717, 1.165) is 12.5 Å². The lowest BCUT2D eigenvalue weighted by Gasteiger charge is -2.50. The maximum absolute atomic E-state index is 6.16. The van der Waals surface area contributed by atoms with E-state index in [1.165, 1.54) is 64.8 Å². The Labute approximate surface area is 113 Å². The van der Waals surface area contributed by atoms with Gasteiger partial charge in [0.05, 0.1) is 0 Å². The molecule has 0 saturated carbocycles. The van der Waals surface area contributed by atoms with Crippen LogP contribution in [0.1, 0.15) is 46.0 Å². The van der Waals surface area contributed by atoms with Crippen molar-refractivity contribution in [1.82, 2.24) is 9.80 Å². The summed E-state index contributed by atoms with van der Waals surface area (Å²) >= 11 is 0. The first-order valence-electron chi connectivity index (χ1n) is 7.91. The molecule has 0 atom stereocenters. The van der Waals surface area contributed by atoms with Gasteiger partial charge in [-0.2, -0.15) is 0 Å². The molecule has 2 fully saturated rings. The molecule has 2 rings (SSSR count). The second-order valence-electron chi connectivity index (χ2n) is 6.20. The molecule has 0 bridgehead atoms. The molecule has 2 saturated heterocycles. The van der Waals surface area contributed by atoms with E-state index in [1.807, 2.05) is 0 Å². The fraction of sp³-hybridized carbons (Fsp3) is 1.00. The highest BCUT2D eigenvalue weighted by Crippen LogP contribution is 2.32. The zero-order valence-electron chi connectivity index (χ0n) is 12.3. The minimum absolute atomic E-state index is 0.324. The molecule has 0 unspecified atom stereocenters. The monoisotopic (exact) mass is 253 g/mol. The van der Waals surface area contributed by atoms with Gasteiger partial charge in [0, 0.05) is 12.1 Å². The van der Waals surface area contributed by atoms with Crippen molar-refractivity contribution in [2.45, 2.75) is 51.5 Å². The van der Waals surface area contributed by atoms with Crippen LogP contribution in [0.15, 0.2) is 0 Å². The van der Waals surface area contributed by atoms with Gasteiger partial charge in [-0.25, -0.2) is 0 Å². The molecule has 2 aliphatic heterocycles. The van der Waals surface area contributed by atoms with Gasteiger partial charge in [-0.05, 0) is 64.3 Å². The molecule has 0 aromatic carbocycles. The molecule has 2 aliphatic rings. The number of hydrogen-bond donors (Lipinski definition) is 1. The summed E-state index contributed by atoms with van der Waals surface area (Å²) in [5.41, 5.74) is 6.49. The summed E-state index contributed by atoms with van der Waals surface area (Å²) in [6, 6.07) is 0. The van der Waals surface area contributed by atoms with E-state index in [0.29, 0.717) is 5.54 Å². The summed E-state index contributed by atoms with van der Waals surface area (Å²) in [6.07, 6.45) is 6.67. The Morgan fingerprint density at radius 2 is 1.67 bits per heavy atom. The SMILES string of the molecule is CCC1CCN(C2(CN)CCN(CC)CC2)CC1. The topological polar surface area (TPSA) is 32.5 Å². The summed E-state index contributed by atoms with van der Waals surface area (Å²) in [4.78, 5) is 5.29. The Morgan fingerprint density at radius 3 is 2.11 bits per heavy atom. The first kappa shape index (κ1) is 14.3. The van der Waals surface area contributed by atoms with Gasteiger partial charge in [-0.3, -0.25) is 4.90 Å². The van der Waals surface area contributed by atoms with Crippen LogP contribution in [0, 0.1) is 5.92 Å². The number of rotatable bonds is 4. The fourth-order valence-corrected chi connectivity index (χ4v) is 3.75. The molecule has 3 heteroatoms. The lowest BCUT2D eigenvalue weighted by atomic mass is 9.82. The van der Waals surface area contributed by atoms with Crippen molar-refractivity contribution < 1.29 is 0 Å². The van der Waals surface area contributed by atoms with Gasteiger partial charge < -0.3 is 10.6 Å². The maximum Gasteiger partial charge on any atom is 0.0356 e. The third kappa shape index (κ3) is 2.89. The molecular formula is C15H31N3. The van der Waals surface area contributed by atoms with Crippen molar-refractivity contribution in [3.63, 3.8) is 0 Å². The van der Waals surface area contributed by atoms with Gasteiger partial charge in [0.25, 0.3) is 0 Å². The predicted octanol–water partition coefficient (Wildman–Crippen LogP) is 1.92. The van der Waals surface area contributed by atoms with Crippen LogP contribution in [0.4, 0.5) is 0 Å². The average Bonchev–Trinajstić information content (AvgIpc) is 2.47. The van der Waals surface area contributed by atoms with E-state index in [1.54, 1.807) is 0 Å². The second-order valence-corrected chi connectivity index (χ2v) is 6.20. The molecular weight excluding hydrogens is 222 g/mol. The average molecular weight is 253 g/mol. The normalized spacial score (nSPS) is 27.5. The standard InChI is InChI=1S/C15H31N3/c1-3-14-5-9-18(10-6-14)15(13-16)7-11-17(4-2)12-8-15/h14H,3-13,16H2,1-2H3. The minimum atomic E-state index is 0.324. The van der Waals surface area contributed by atoms with Crippen molar-refractivity contribution >= 4 is 0 Å². The zero-order valence-corrected chi connectivity index (χ0v) is 12.3. The highest BCUT2D eigenvalue weighted by atomic mass is 15.2. The van der Waals surface area contributed by atoms with E-state index in [4.69, 9.17) is 5.73 Å². The number of nitrogens with two attached hydrogens (primary N) is 1. The Bertz CT molecular complexity index is 238. The number of likely N-dealkylation sites (tertiary alicyclic amines) is 2. The number of piperidine rings is 2. The van der Waals surface area contributed by atoms with Crippen molar-refractivity contribution in [2.75, 3.05) is 39.3 Å². The van der Waals surface area contributed by atoms with Crippen LogP contribution in [-0.4, -0.2) is 54.6 Å². The molecule has 0 amide bonds. The van der Waals surface area contributed by atoms with Crippen LogP contribution in [0.2, 0.25) is 0 Å². The third-order valence-electron chi connectivity index (χ3n) is 5.48. The van der Waals surface area contributed by atoms with Crippen LogP contribution in [-0.2, 0) is 0 Å². The van der Waals surface area contributed by atoms with E-state index in [-0.39, 0.29) is 0 Å². The fourth-order valence-electron chi connectivity index (χ4n) is 3.75. The molecule has 3 nitrogen and oxygen atoms in total. The van der Waals surface area contributed by atoms with Gasteiger partial charge in [0.2, 0.25) is 0 Å². The van der Waals surface area contributed by atoms with E-state index >= 15 is 0 Å². The lowest BCUT2D eigenvalue weighted by Crippen LogP contribution is -2.61. The molecule has 106 valence electrons. The molecule has 0 spiro atoms. The Kier molecular flexibility index (Phi) is 5.05. The van der Waals surface area contributed by atoms with Gasteiger partial charge in [-0.15, -0.1) is 0 Å². The molecule has 0 aromatic heterocycles. The summed E-state index contributed by atoms with van der Waals surface area (Å²) < 4.78 is 0. The highest BCUT2D eigenvalue weighted by molar-refractivity contribution is 4.97. The molecule has 2 heterocycles. The zero-order chi connectivity index (χ0) is 13.0. The van der Waals surface area contributed by atoms with Crippen molar-refractivity contribution in [3.8, 4) is 0 Å². The number of hydrogen-bond acceptors (Lipinski definition) is 3. The second kappa shape index (κ2) is 6.36. The van der Waals surface area contributed by atoms with E-state index < -0.39 is 0 Å². The highest BCUT2D eigenvalue weighted by Gasteiger charge is 2.39. The van der Waals surface area contributed by atoms with Gasteiger partial charge in [0.1, 0.15) is 0 Å². The van der Waals surface area contributed by atoms with Crippen LogP contribution < -0.4 is 5.73 Å². The first-order chi connectivity index (χ1) is 8.74. The molecule has 0 aromatic rings. The van der Waals surface area contributed by atoms with Gasteiger partial charge in [-0.1, -0.05) is 20.3 Å². The molecule has 0 aliphatic carbocycles. The van der Waals surface area contributed by atoms with Crippen molar-refractivity contribution in [3.05, 3.63) is 0 Å². The van der Waals surface area contributed by atoms with Crippen LogP contribution in [0.3, 0.4) is 0 Å². The Morgan fingerprint density at radius 1 is 1.06 bits per heavy atom. The van der Waals surface area contributed by atoms with Gasteiger partial charge >= 0.3 is 0 Å². The number of nitrogens with zero attached hydrogens (tertiary/aromatic N) is 2. The van der Waals surface area contributed by atoms with Crippen LogP contribution in [0.25, 0.3) is 0 Å². The van der Waals surface area contributed by atoms with Crippen molar-refractivity contribution in [1.29, 1.82) is 0 Å². The summed E-state index contributed by atoms with van der Waals surface area (Å²) in [5, 5.41) is 0.